The normalized spacial score (nSPS) is 10.9. The van der Waals surface area contributed by atoms with Gasteiger partial charge in [0.15, 0.2) is 0 Å². The van der Waals surface area contributed by atoms with Crippen LogP contribution >= 0.6 is 23.4 Å². The highest BCUT2D eigenvalue weighted by Crippen LogP contribution is 2.33. The van der Waals surface area contributed by atoms with E-state index in [1.807, 2.05) is 79.7 Å². The zero-order chi connectivity index (χ0) is 30.9. The Morgan fingerprint density at radius 2 is 1.75 bits per heavy atom. The molecule has 11 heteroatoms. The molecule has 2 heterocycles. The average Bonchev–Trinajstić information content (AvgIpc) is 3.43. The van der Waals surface area contributed by atoms with E-state index in [0.29, 0.717) is 23.1 Å². The summed E-state index contributed by atoms with van der Waals surface area (Å²) in [7, 11) is 0. The van der Waals surface area contributed by atoms with E-state index in [1.165, 1.54) is 0 Å². The molecule has 0 aliphatic rings. The van der Waals surface area contributed by atoms with Gasteiger partial charge in [0.2, 0.25) is 5.91 Å². The van der Waals surface area contributed by atoms with Gasteiger partial charge in [-0.05, 0) is 61.1 Å². The van der Waals surface area contributed by atoms with Gasteiger partial charge < -0.3 is 15.4 Å². The topological polar surface area (TPSA) is 110 Å². The number of halogens is 1. The van der Waals surface area contributed by atoms with Crippen molar-refractivity contribution in [3.63, 3.8) is 0 Å². The summed E-state index contributed by atoms with van der Waals surface area (Å²) in [6, 6.07) is 24.4. The Hall–Kier alpha value is -4.54. The fourth-order valence-electron chi connectivity index (χ4n) is 4.47. The number of amides is 3. The molecule has 3 aromatic carbocycles. The number of pyridine rings is 1. The highest BCUT2D eigenvalue weighted by molar-refractivity contribution is 7.99. The number of carbonyl (C=O) groups excluding carboxylic acids is 2. The van der Waals surface area contributed by atoms with Crippen molar-refractivity contribution in [1.29, 1.82) is 0 Å². The van der Waals surface area contributed by atoms with Crippen molar-refractivity contribution in [2.24, 2.45) is 0 Å². The van der Waals surface area contributed by atoms with Crippen molar-refractivity contribution in [1.82, 2.24) is 14.8 Å². The fraction of sp³-hybridized carbons (Fsp3) is 0.212. The third kappa shape index (κ3) is 7.89. The Morgan fingerprint density at radius 1 is 0.955 bits per heavy atom. The summed E-state index contributed by atoms with van der Waals surface area (Å²) >= 11 is 7.26. The minimum atomic E-state index is -0.384. The van der Waals surface area contributed by atoms with Crippen LogP contribution in [0.4, 0.5) is 22.1 Å². The monoisotopic (exact) mass is 628 g/mol. The standard InChI is InChI=1S/C33H33ClN6O3S/c1-3-4-17-44-32-19-30(40(39-32)24-11-9-22(2)10-12-24)38-33(42)36-27-13-14-28(26-8-6-5-7-25(26)27)43-21-23-15-16-35-29(18-23)37-31(41)20-34/h5-16,18-19H,3-4,17,20-21H2,1-2H3,(H,35,37,41)(H2,36,38,42). The molecule has 0 aliphatic carbocycles. The molecule has 44 heavy (non-hydrogen) atoms. The highest BCUT2D eigenvalue weighted by Gasteiger charge is 2.15. The van der Waals surface area contributed by atoms with E-state index in [-0.39, 0.29) is 24.4 Å². The molecule has 0 saturated heterocycles. The van der Waals surface area contributed by atoms with Crippen molar-refractivity contribution < 1.29 is 14.3 Å². The number of rotatable bonds is 12. The molecule has 0 spiro atoms. The maximum atomic E-state index is 13.3. The fourth-order valence-corrected chi connectivity index (χ4v) is 5.51. The van der Waals surface area contributed by atoms with Gasteiger partial charge in [0, 0.05) is 23.0 Å². The van der Waals surface area contributed by atoms with Crippen LogP contribution in [0.3, 0.4) is 0 Å². The summed E-state index contributed by atoms with van der Waals surface area (Å²) < 4.78 is 7.91. The first-order valence-corrected chi connectivity index (χ1v) is 15.8. The second-order valence-electron chi connectivity index (χ2n) is 10.1. The lowest BCUT2D eigenvalue weighted by molar-refractivity contribution is -0.113. The molecule has 0 bridgehead atoms. The van der Waals surface area contributed by atoms with Crippen LogP contribution in [0.2, 0.25) is 0 Å². The molecule has 0 unspecified atom stereocenters. The van der Waals surface area contributed by atoms with E-state index >= 15 is 0 Å². The number of benzene rings is 3. The van der Waals surface area contributed by atoms with E-state index in [2.05, 4.69) is 27.9 Å². The van der Waals surface area contributed by atoms with Crippen molar-refractivity contribution in [3.8, 4) is 11.4 Å². The number of ether oxygens (including phenoxy) is 1. The number of nitrogens with zero attached hydrogens (tertiary/aromatic N) is 3. The molecule has 9 nitrogen and oxygen atoms in total. The Labute approximate surface area is 265 Å². The number of urea groups is 1. The van der Waals surface area contributed by atoms with Crippen LogP contribution in [0.5, 0.6) is 5.75 Å². The van der Waals surface area contributed by atoms with Gasteiger partial charge in [0.1, 0.15) is 34.9 Å². The van der Waals surface area contributed by atoms with E-state index in [4.69, 9.17) is 21.4 Å². The third-order valence-electron chi connectivity index (χ3n) is 6.69. The SMILES string of the molecule is CCCCSc1cc(NC(=O)Nc2ccc(OCc3ccnc(NC(=O)CCl)c3)c3ccccc23)n(-c2ccc(C)cc2)n1. The lowest BCUT2D eigenvalue weighted by Gasteiger charge is -2.15. The van der Waals surface area contributed by atoms with Crippen LogP contribution in [0.1, 0.15) is 30.9 Å². The molecule has 3 N–H and O–H groups in total. The molecule has 2 aromatic heterocycles. The van der Waals surface area contributed by atoms with Gasteiger partial charge in [-0.25, -0.2) is 14.5 Å². The number of alkyl halides is 1. The highest BCUT2D eigenvalue weighted by atomic mass is 35.5. The molecule has 0 aliphatic heterocycles. The van der Waals surface area contributed by atoms with Crippen LogP contribution in [-0.2, 0) is 11.4 Å². The summed E-state index contributed by atoms with van der Waals surface area (Å²) in [4.78, 5) is 29.1. The minimum absolute atomic E-state index is 0.150. The Kier molecular flexibility index (Phi) is 10.4. The second kappa shape index (κ2) is 14.8. The summed E-state index contributed by atoms with van der Waals surface area (Å²) in [5, 5.41) is 15.9. The van der Waals surface area contributed by atoms with E-state index < -0.39 is 0 Å². The van der Waals surface area contributed by atoms with Gasteiger partial charge in [0.05, 0.1) is 11.4 Å². The summed E-state index contributed by atoms with van der Waals surface area (Å²) in [6.45, 7) is 4.45. The van der Waals surface area contributed by atoms with E-state index in [0.717, 1.165) is 51.2 Å². The first-order valence-electron chi connectivity index (χ1n) is 14.3. The zero-order valence-corrected chi connectivity index (χ0v) is 26.0. The Bertz CT molecular complexity index is 1760. The number of hydrogen-bond donors (Lipinski definition) is 3. The van der Waals surface area contributed by atoms with Crippen LogP contribution in [0, 0.1) is 6.92 Å². The first kappa shape index (κ1) is 30.9. The second-order valence-corrected chi connectivity index (χ2v) is 11.5. The zero-order valence-electron chi connectivity index (χ0n) is 24.5. The molecule has 5 aromatic rings. The summed E-state index contributed by atoms with van der Waals surface area (Å²) in [5.74, 6) is 2.11. The number of hydrogen-bond acceptors (Lipinski definition) is 6. The van der Waals surface area contributed by atoms with Gasteiger partial charge in [-0.2, -0.15) is 5.10 Å². The smallest absolute Gasteiger partial charge is 0.324 e. The average molecular weight is 629 g/mol. The molecule has 0 saturated carbocycles. The van der Waals surface area contributed by atoms with Gasteiger partial charge in [-0.3, -0.25) is 10.1 Å². The molecule has 3 amide bonds. The lowest BCUT2D eigenvalue weighted by atomic mass is 10.1. The largest absolute Gasteiger partial charge is 0.488 e. The molecular formula is C33H33ClN6O3S. The Morgan fingerprint density at radius 3 is 2.52 bits per heavy atom. The number of carbonyl (C=O) groups is 2. The van der Waals surface area contributed by atoms with Crippen molar-refractivity contribution in [3.05, 3.63) is 96.2 Å². The predicted octanol–water partition coefficient (Wildman–Crippen LogP) is 8.02. The number of anilines is 3. The van der Waals surface area contributed by atoms with Gasteiger partial charge >= 0.3 is 6.03 Å². The van der Waals surface area contributed by atoms with Crippen LogP contribution in [0.15, 0.2) is 90.1 Å². The van der Waals surface area contributed by atoms with Crippen LogP contribution in [0.25, 0.3) is 16.5 Å². The predicted molar refractivity (Wildman–Crippen MR) is 178 cm³/mol. The number of fused-ring (bicyclic) bond motifs is 1. The number of unbranched alkanes of at least 4 members (excludes halogenated alkanes) is 1. The number of nitrogens with one attached hydrogen (secondary N) is 3. The molecule has 0 atom stereocenters. The summed E-state index contributed by atoms with van der Waals surface area (Å²) in [6.07, 6.45) is 3.80. The van der Waals surface area contributed by atoms with Crippen LogP contribution in [-0.4, -0.2) is 38.3 Å². The number of thioether (sulfide) groups is 1. The minimum Gasteiger partial charge on any atom is -0.488 e. The van der Waals surface area contributed by atoms with Gasteiger partial charge in [0.25, 0.3) is 0 Å². The maximum Gasteiger partial charge on any atom is 0.324 e. The number of aromatic nitrogens is 3. The quantitative estimate of drug-likeness (QED) is 0.0733. The molecule has 0 radical (unpaired) electrons. The molecule has 5 rings (SSSR count). The maximum absolute atomic E-state index is 13.3. The van der Waals surface area contributed by atoms with Crippen LogP contribution < -0.4 is 20.7 Å². The first-order chi connectivity index (χ1) is 21.4. The van der Waals surface area contributed by atoms with Crippen molar-refractivity contribution in [2.45, 2.75) is 38.3 Å². The Balaban J connectivity index is 1.32. The van der Waals surface area contributed by atoms with E-state index in [9.17, 15) is 9.59 Å². The van der Waals surface area contributed by atoms with Crippen molar-refractivity contribution in [2.75, 3.05) is 27.6 Å². The lowest BCUT2D eigenvalue weighted by Crippen LogP contribution is -2.21. The molecule has 226 valence electrons. The molecule has 0 fully saturated rings. The number of aryl methyl sites for hydroxylation is 1. The summed E-state index contributed by atoms with van der Waals surface area (Å²) in [5.41, 5.74) is 3.47. The van der Waals surface area contributed by atoms with Gasteiger partial charge in [-0.15, -0.1) is 23.4 Å². The van der Waals surface area contributed by atoms with E-state index in [1.54, 1.807) is 28.7 Å². The van der Waals surface area contributed by atoms with Gasteiger partial charge in [-0.1, -0.05) is 55.3 Å². The van der Waals surface area contributed by atoms with Crippen molar-refractivity contribution >= 4 is 63.4 Å². The third-order valence-corrected chi connectivity index (χ3v) is 7.93. The molecular weight excluding hydrogens is 596 g/mol.